The van der Waals surface area contributed by atoms with Gasteiger partial charge in [-0.2, -0.15) is 0 Å². The van der Waals surface area contributed by atoms with Gasteiger partial charge >= 0.3 is 0 Å². The van der Waals surface area contributed by atoms with Gasteiger partial charge in [0.15, 0.2) is 0 Å². The first kappa shape index (κ1) is 15.0. The molecule has 110 valence electrons. The van der Waals surface area contributed by atoms with E-state index < -0.39 is 0 Å². The third-order valence-electron chi connectivity index (χ3n) is 3.62. The minimum Gasteiger partial charge on any atom is -0.335 e. The van der Waals surface area contributed by atoms with E-state index >= 15 is 0 Å². The molecule has 0 bridgehead atoms. The molecule has 1 atom stereocenters. The maximum absolute atomic E-state index is 12.9. The number of nitrogens with zero attached hydrogens (tertiary/aromatic N) is 1. The molecular weight excluding hydrogens is 255 g/mol. The van der Waals surface area contributed by atoms with Crippen molar-refractivity contribution in [2.75, 3.05) is 0 Å². The molecule has 20 heavy (non-hydrogen) atoms. The molecule has 1 fully saturated rings. The van der Waals surface area contributed by atoms with Crippen molar-refractivity contribution < 1.29 is 9.18 Å². The van der Waals surface area contributed by atoms with E-state index in [1.807, 2.05) is 11.8 Å². The molecule has 0 aromatic heterocycles. The van der Waals surface area contributed by atoms with Crippen molar-refractivity contribution in [3.05, 3.63) is 35.6 Å². The molecule has 0 saturated heterocycles. The van der Waals surface area contributed by atoms with Crippen LogP contribution in [0.1, 0.15) is 44.6 Å². The second kappa shape index (κ2) is 6.84. The van der Waals surface area contributed by atoms with Crippen molar-refractivity contribution in [3.63, 3.8) is 0 Å². The summed E-state index contributed by atoms with van der Waals surface area (Å²) in [7, 11) is 0. The zero-order valence-corrected chi connectivity index (χ0v) is 12.0. The van der Waals surface area contributed by atoms with Gasteiger partial charge in [-0.05, 0) is 50.3 Å². The predicted molar refractivity (Wildman–Crippen MR) is 77.5 cm³/mol. The Morgan fingerprint density at radius 3 is 2.60 bits per heavy atom. The number of amides is 1. The van der Waals surface area contributed by atoms with E-state index in [0.29, 0.717) is 19.0 Å². The average molecular weight is 278 g/mol. The summed E-state index contributed by atoms with van der Waals surface area (Å²) in [5.41, 5.74) is 6.69. The molecule has 1 aromatic rings. The van der Waals surface area contributed by atoms with E-state index in [1.165, 1.54) is 12.1 Å². The van der Waals surface area contributed by atoms with Gasteiger partial charge in [0.1, 0.15) is 5.82 Å². The second-order valence-electron chi connectivity index (χ2n) is 5.75. The number of halogens is 1. The molecule has 1 aromatic carbocycles. The van der Waals surface area contributed by atoms with E-state index in [9.17, 15) is 9.18 Å². The van der Waals surface area contributed by atoms with E-state index in [-0.39, 0.29) is 17.8 Å². The van der Waals surface area contributed by atoms with Crippen LogP contribution in [0.15, 0.2) is 24.3 Å². The molecule has 2 rings (SSSR count). The third kappa shape index (κ3) is 4.60. The standard InChI is InChI=1S/C16H23FN2O/c1-12(18)3-2-4-16(20)19(15-9-10-15)11-13-5-7-14(17)8-6-13/h5-8,12,15H,2-4,9-11,18H2,1H3. The van der Waals surface area contributed by atoms with Crippen LogP contribution in [0.5, 0.6) is 0 Å². The first-order valence-electron chi connectivity index (χ1n) is 7.36. The molecule has 1 aliphatic rings. The summed E-state index contributed by atoms with van der Waals surface area (Å²) in [4.78, 5) is 14.2. The maximum atomic E-state index is 12.9. The van der Waals surface area contributed by atoms with Crippen molar-refractivity contribution >= 4 is 5.91 Å². The number of carbonyl (C=O) groups is 1. The lowest BCUT2D eigenvalue weighted by atomic mass is 10.1. The van der Waals surface area contributed by atoms with Crippen LogP contribution in [0.3, 0.4) is 0 Å². The molecule has 0 heterocycles. The molecule has 3 nitrogen and oxygen atoms in total. The first-order valence-corrected chi connectivity index (χ1v) is 7.36. The van der Waals surface area contributed by atoms with Crippen molar-refractivity contribution in [2.45, 2.75) is 57.7 Å². The topological polar surface area (TPSA) is 46.3 Å². The SMILES string of the molecule is CC(N)CCCC(=O)N(Cc1ccc(F)cc1)C1CC1. The Balaban J connectivity index is 1.89. The normalized spacial score (nSPS) is 15.9. The number of carbonyl (C=O) groups excluding carboxylic acids is 1. The highest BCUT2D eigenvalue weighted by molar-refractivity contribution is 5.76. The van der Waals surface area contributed by atoms with Crippen LogP contribution >= 0.6 is 0 Å². The second-order valence-corrected chi connectivity index (χ2v) is 5.75. The summed E-state index contributed by atoms with van der Waals surface area (Å²) >= 11 is 0. The van der Waals surface area contributed by atoms with Crippen molar-refractivity contribution in [2.24, 2.45) is 5.73 Å². The zero-order chi connectivity index (χ0) is 14.5. The van der Waals surface area contributed by atoms with Crippen LogP contribution in [0, 0.1) is 5.82 Å². The fourth-order valence-corrected chi connectivity index (χ4v) is 2.31. The van der Waals surface area contributed by atoms with Crippen LogP contribution in [0.4, 0.5) is 4.39 Å². The fourth-order valence-electron chi connectivity index (χ4n) is 2.31. The lowest BCUT2D eigenvalue weighted by Gasteiger charge is -2.23. The van der Waals surface area contributed by atoms with Crippen molar-refractivity contribution in [1.29, 1.82) is 0 Å². The molecule has 1 saturated carbocycles. The highest BCUT2D eigenvalue weighted by Crippen LogP contribution is 2.29. The average Bonchev–Trinajstić information content (AvgIpc) is 3.21. The summed E-state index contributed by atoms with van der Waals surface area (Å²) in [6.45, 7) is 2.55. The molecule has 1 aliphatic carbocycles. The predicted octanol–water partition coefficient (Wildman–Crippen LogP) is 2.83. The molecule has 4 heteroatoms. The smallest absolute Gasteiger partial charge is 0.223 e. The van der Waals surface area contributed by atoms with Crippen LogP contribution in [0.2, 0.25) is 0 Å². The minimum atomic E-state index is -0.241. The van der Waals surface area contributed by atoms with Crippen LogP contribution in [-0.2, 0) is 11.3 Å². The first-order chi connectivity index (χ1) is 9.56. The molecule has 1 amide bonds. The highest BCUT2D eigenvalue weighted by atomic mass is 19.1. The summed E-state index contributed by atoms with van der Waals surface area (Å²) in [5, 5.41) is 0. The lowest BCUT2D eigenvalue weighted by Crippen LogP contribution is -2.32. The third-order valence-corrected chi connectivity index (χ3v) is 3.62. The number of hydrogen-bond acceptors (Lipinski definition) is 2. The van der Waals surface area contributed by atoms with Gasteiger partial charge in [0.05, 0.1) is 0 Å². The number of hydrogen-bond donors (Lipinski definition) is 1. The molecule has 0 aliphatic heterocycles. The number of benzene rings is 1. The van der Waals surface area contributed by atoms with Gasteiger partial charge in [-0.25, -0.2) is 4.39 Å². The lowest BCUT2D eigenvalue weighted by molar-refractivity contribution is -0.132. The number of nitrogens with two attached hydrogens (primary N) is 1. The quantitative estimate of drug-likeness (QED) is 0.833. The van der Waals surface area contributed by atoms with Gasteiger partial charge in [0.2, 0.25) is 5.91 Å². The summed E-state index contributed by atoms with van der Waals surface area (Å²) in [6, 6.07) is 6.92. The molecule has 0 radical (unpaired) electrons. The van der Waals surface area contributed by atoms with Crippen LogP contribution in [-0.4, -0.2) is 22.9 Å². The van der Waals surface area contributed by atoms with Crippen LogP contribution < -0.4 is 5.73 Å². The Bertz CT molecular complexity index is 440. The fraction of sp³-hybridized carbons (Fsp3) is 0.562. The Kier molecular flexibility index (Phi) is 5.12. The number of rotatable bonds is 7. The van der Waals surface area contributed by atoms with Crippen molar-refractivity contribution in [1.82, 2.24) is 4.90 Å². The minimum absolute atomic E-state index is 0.147. The Morgan fingerprint density at radius 2 is 2.05 bits per heavy atom. The van der Waals surface area contributed by atoms with E-state index in [0.717, 1.165) is 31.2 Å². The van der Waals surface area contributed by atoms with Gasteiger partial charge in [-0.3, -0.25) is 4.79 Å². The molecular formula is C16H23FN2O. The zero-order valence-electron chi connectivity index (χ0n) is 12.0. The van der Waals surface area contributed by atoms with Crippen LogP contribution in [0.25, 0.3) is 0 Å². The molecule has 2 N–H and O–H groups in total. The van der Waals surface area contributed by atoms with E-state index in [4.69, 9.17) is 5.73 Å². The Hall–Kier alpha value is -1.42. The van der Waals surface area contributed by atoms with Gasteiger partial charge in [0.25, 0.3) is 0 Å². The Morgan fingerprint density at radius 1 is 1.40 bits per heavy atom. The summed E-state index contributed by atoms with van der Waals surface area (Å²) in [6.07, 6.45) is 4.43. The Labute approximate surface area is 120 Å². The van der Waals surface area contributed by atoms with Gasteiger partial charge in [-0.15, -0.1) is 0 Å². The van der Waals surface area contributed by atoms with Gasteiger partial charge in [0, 0.05) is 25.0 Å². The van der Waals surface area contributed by atoms with Gasteiger partial charge < -0.3 is 10.6 Å². The summed E-state index contributed by atoms with van der Waals surface area (Å²) in [5.74, 6) is -0.0487. The molecule has 1 unspecified atom stereocenters. The monoisotopic (exact) mass is 278 g/mol. The largest absolute Gasteiger partial charge is 0.335 e. The van der Waals surface area contributed by atoms with Gasteiger partial charge in [-0.1, -0.05) is 12.1 Å². The van der Waals surface area contributed by atoms with Crippen molar-refractivity contribution in [3.8, 4) is 0 Å². The van der Waals surface area contributed by atoms with E-state index in [1.54, 1.807) is 12.1 Å². The highest BCUT2D eigenvalue weighted by Gasteiger charge is 2.32. The maximum Gasteiger partial charge on any atom is 0.223 e. The molecule has 0 spiro atoms. The van der Waals surface area contributed by atoms with E-state index in [2.05, 4.69) is 0 Å². The summed E-state index contributed by atoms with van der Waals surface area (Å²) < 4.78 is 12.9.